The van der Waals surface area contributed by atoms with Gasteiger partial charge in [0, 0.05) is 54.2 Å². The number of amides is 1. The number of halogens is 3. The maximum atomic E-state index is 13.6. The van der Waals surface area contributed by atoms with Crippen molar-refractivity contribution in [3.8, 4) is 0 Å². The molecule has 3 fully saturated rings. The molecule has 0 spiro atoms. The molecule has 6 nitrogen and oxygen atoms in total. The van der Waals surface area contributed by atoms with Crippen LogP contribution in [-0.2, 0) is 4.79 Å². The molecular formula is C27H38ClF2N5OS. The van der Waals surface area contributed by atoms with Crippen molar-refractivity contribution in [2.45, 2.75) is 115 Å². The maximum absolute atomic E-state index is 13.6. The fraction of sp³-hybridized carbons (Fsp3) is 0.741. The van der Waals surface area contributed by atoms with Crippen LogP contribution in [-0.4, -0.2) is 50.1 Å². The molecule has 0 aromatic carbocycles. The molecule has 204 valence electrons. The summed E-state index contributed by atoms with van der Waals surface area (Å²) in [6, 6.07) is 5.14. The third-order valence-corrected chi connectivity index (χ3v) is 10.00. The maximum Gasteiger partial charge on any atom is 0.248 e. The third-order valence-electron chi connectivity index (χ3n) is 8.65. The SMILES string of the molecule is Cc1nnc(C(C)C)n1C1CC2CCC(C1)N2CC[C@H](NC(=O)C1CCC(F)(F)CC1)c1ccc(Cl)s1. The Balaban J connectivity index is 1.24. The predicted octanol–water partition coefficient (Wildman–Crippen LogP) is 6.67. The average Bonchev–Trinajstić information content (AvgIpc) is 3.51. The smallest absolute Gasteiger partial charge is 0.248 e. The van der Waals surface area contributed by atoms with Crippen LogP contribution < -0.4 is 5.32 Å². The van der Waals surface area contributed by atoms with E-state index in [1.165, 1.54) is 24.2 Å². The van der Waals surface area contributed by atoms with Crippen molar-refractivity contribution in [1.82, 2.24) is 25.0 Å². The fourth-order valence-corrected chi connectivity index (χ4v) is 7.87. The van der Waals surface area contributed by atoms with Crippen molar-refractivity contribution in [1.29, 1.82) is 0 Å². The van der Waals surface area contributed by atoms with E-state index in [0.717, 1.165) is 42.3 Å². The molecule has 4 heterocycles. The summed E-state index contributed by atoms with van der Waals surface area (Å²) in [6.45, 7) is 7.30. The molecule has 3 atom stereocenters. The lowest BCUT2D eigenvalue weighted by Crippen LogP contribution is -2.45. The van der Waals surface area contributed by atoms with Gasteiger partial charge in [-0.05, 0) is 64.0 Å². The first-order chi connectivity index (χ1) is 17.6. The Morgan fingerprint density at radius 1 is 1.14 bits per heavy atom. The summed E-state index contributed by atoms with van der Waals surface area (Å²) < 4.78 is 30.3. The van der Waals surface area contributed by atoms with Crippen LogP contribution in [0.4, 0.5) is 8.78 Å². The van der Waals surface area contributed by atoms with E-state index in [0.29, 0.717) is 28.4 Å². The van der Waals surface area contributed by atoms with Crippen molar-refractivity contribution in [2.24, 2.45) is 5.92 Å². The van der Waals surface area contributed by atoms with Crippen LogP contribution in [0.2, 0.25) is 4.34 Å². The summed E-state index contributed by atoms with van der Waals surface area (Å²) in [4.78, 5) is 16.7. The van der Waals surface area contributed by atoms with Gasteiger partial charge in [0.25, 0.3) is 0 Å². The van der Waals surface area contributed by atoms with Crippen molar-refractivity contribution >= 4 is 28.8 Å². The van der Waals surface area contributed by atoms with E-state index in [2.05, 4.69) is 45.8 Å². The third kappa shape index (κ3) is 5.88. The summed E-state index contributed by atoms with van der Waals surface area (Å²) in [6.07, 6.45) is 5.43. The molecule has 2 unspecified atom stereocenters. The fourth-order valence-electron chi connectivity index (χ4n) is 6.72. The zero-order chi connectivity index (χ0) is 26.3. The van der Waals surface area contributed by atoms with E-state index in [9.17, 15) is 13.6 Å². The van der Waals surface area contributed by atoms with Crippen molar-refractivity contribution < 1.29 is 13.6 Å². The number of thiophene rings is 1. The molecule has 2 saturated heterocycles. The number of rotatable bonds is 8. The second-order valence-corrected chi connectivity index (χ2v) is 13.2. The Labute approximate surface area is 227 Å². The topological polar surface area (TPSA) is 63.1 Å². The van der Waals surface area contributed by atoms with Gasteiger partial charge in [-0.25, -0.2) is 8.78 Å². The van der Waals surface area contributed by atoms with Gasteiger partial charge in [0.2, 0.25) is 11.8 Å². The number of hydrogen-bond donors (Lipinski definition) is 1. The van der Waals surface area contributed by atoms with Crippen LogP contribution in [0.15, 0.2) is 12.1 Å². The lowest BCUT2D eigenvalue weighted by atomic mass is 9.86. The summed E-state index contributed by atoms with van der Waals surface area (Å²) in [5.41, 5.74) is 0. The number of aromatic nitrogens is 3. The highest BCUT2D eigenvalue weighted by Crippen LogP contribution is 2.43. The summed E-state index contributed by atoms with van der Waals surface area (Å²) in [7, 11) is 0. The minimum Gasteiger partial charge on any atom is -0.348 e. The molecule has 5 rings (SSSR count). The normalized spacial score (nSPS) is 27.1. The van der Waals surface area contributed by atoms with Gasteiger partial charge in [0.05, 0.1) is 10.4 Å². The first kappa shape index (κ1) is 27.0. The molecule has 3 aliphatic rings. The molecule has 2 bridgehead atoms. The molecule has 2 aromatic rings. The molecule has 2 aliphatic heterocycles. The van der Waals surface area contributed by atoms with Gasteiger partial charge < -0.3 is 9.88 Å². The lowest BCUT2D eigenvalue weighted by molar-refractivity contribution is -0.130. The average molecular weight is 554 g/mol. The summed E-state index contributed by atoms with van der Waals surface area (Å²) in [5.74, 6) is -0.658. The largest absolute Gasteiger partial charge is 0.348 e. The van der Waals surface area contributed by atoms with Gasteiger partial charge in [-0.15, -0.1) is 21.5 Å². The van der Waals surface area contributed by atoms with Crippen LogP contribution in [0.1, 0.15) is 106 Å². The van der Waals surface area contributed by atoms with Gasteiger partial charge in [-0.3, -0.25) is 9.69 Å². The molecule has 10 heteroatoms. The Kier molecular flexibility index (Phi) is 7.95. The second-order valence-electron chi connectivity index (χ2n) is 11.5. The minimum atomic E-state index is -2.63. The van der Waals surface area contributed by atoms with Gasteiger partial charge in [0.15, 0.2) is 0 Å². The number of nitrogens with one attached hydrogen (secondary N) is 1. The number of carbonyl (C=O) groups excluding carboxylic acids is 1. The summed E-state index contributed by atoms with van der Waals surface area (Å²) >= 11 is 7.73. The van der Waals surface area contributed by atoms with Crippen LogP contribution in [0.3, 0.4) is 0 Å². The van der Waals surface area contributed by atoms with E-state index in [-0.39, 0.29) is 43.6 Å². The van der Waals surface area contributed by atoms with E-state index in [1.54, 1.807) is 0 Å². The number of fused-ring (bicyclic) bond motifs is 2. The van der Waals surface area contributed by atoms with Crippen LogP contribution in [0.25, 0.3) is 0 Å². The lowest BCUT2D eigenvalue weighted by Gasteiger charge is -2.40. The Morgan fingerprint density at radius 3 is 2.41 bits per heavy atom. The number of nitrogens with zero attached hydrogens (tertiary/aromatic N) is 4. The van der Waals surface area contributed by atoms with Crippen molar-refractivity contribution in [3.05, 3.63) is 33.0 Å². The number of hydrogen-bond acceptors (Lipinski definition) is 5. The standard InChI is InChI=1S/C27H38ClF2N5OS/c1-16(2)25-33-32-17(3)35(25)21-14-19-4-5-20(15-21)34(19)13-10-22(23-6-7-24(28)37-23)31-26(36)18-8-11-27(29,30)12-9-18/h6-7,16,18-22H,4-5,8-15H2,1-3H3,(H,31,36)/t19?,20?,21?,22-/m0/s1. The second kappa shape index (κ2) is 10.9. The predicted molar refractivity (Wildman–Crippen MR) is 142 cm³/mol. The van der Waals surface area contributed by atoms with Crippen LogP contribution in [0, 0.1) is 12.8 Å². The van der Waals surface area contributed by atoms with Crippen LogP contribution in [0.5, 0.6) is 0 Å². The van der Waals surface area contributed by atoms with Crippen molar-refractivity contribution in [2.75, 3.05) is 6.54 Å². The Hall–Kier alpha value is -1.58. The molecule has 2 aromatic heterocycles. The number of piperidine rings is 1. The summed E-state index contributed by atoms with van der Waals surface area (Å²) in [5, 5.41) is 12.0. The number of aryl methyl sites for hydroxylation is 1. The van der Waals surface area contributed by atoms with Gasteiger partial charge >= 0.3 is 0 Å². The molecule has 37 heavy (non-hydrogen) atoms. The molecule has 1 amide bonds. The monoisotopic (exact) mass is 553 g/mol. The van der Waals surface area contributed by atoms with E-state index in [1.807, 2.05) is 12.1 Å². The Morgan fingerprint density at radius 2 is 1.81 bits per heavy atom. The van der Waals surface area contributed by atoms with Gasteiger partial charge in [0.1, 0.15) is 11.6 Å². The highest BCUT2D eigenvalue weighted by atomic mass is 35.5. The quantitative estimate of drug-likeness (QED) is 0.397. The van der Waals surface area contributed by atoms with E-state index < -0.39 is 5.92 Å². The van der Waals surface area contributed by atoms with E-state index >= 15 is 0 Å². The first-order valence-corrected chi connectivity index (χ1v) is 14.9. The first-order valence-electron chi connectivity index (χ1n) is 13.7. The number of carbonyl (C=O) groups is 1. The highest BCUT2D eigenvalue weighted by molar-refractivity contribution is 7.16. The highest BCUT2D eigenvalue weighted by Gasteiger charge is 2.43. The van der Waals surface area contributed by atoms with E-state index in [4.69, 9.17) is 11.6 Å². The van der Waals surface area contributed by atoms with Gasteiger partial charge in [-0.2, -0.15) is 0 Å². The molecule has 0 radical (unpaired) electrons. The van der Waals surface area contributed by atoms with Crippen molar-refractivity contribution in [3.63, 3.8) is 0 Å². The molecule has 1 saturated carbocycles. The zero-order valence-corrected chi connectivity index (χ0v) is 23.5. The molecule has 1 N–H and O–H groups in total. The Bertz CT molecular complexity index is 1080. The minimum absolute atomic E-state index is 0.101. The van der Waals surface area contributed by atoms with Gasteiger partial charge in [-0.1, -0.05) is 25.4 Å². The number of alkyl halides is 2. The molecular weight excluding hydrogens is 516 g/mol. The molecule has 1 aliphatic carbocycles. The zero-order valence-electron chi connectivity index (χ0n) is 21.9. The van der Waals surface area contributed by atoms with Crippen LogP contribution >= 0.6 is 22.9 Å².